The zero-order chi connectivity index (χ0) is 12.2. The van der Waals surface area contributed by atoms with Crippen LogP contribution in [0.25, 0.3) is 0 Å². The summed E-state index contributed by atoms with van der Waals surface area (Å²) in [6.07, 6.45) is 1.56. The van der Waals surface area contributed by atoms with Gasteiger partial charge in [0.1, 0.15) is 10.7 Å². The van der Waals surface area contributed by atoms with Gasteiger partial charge in [0, 0.05) is 26.3 Å². The molecule has 0 aromatic carbocycles. The molecular weight excluding hydrogens is 226 g/mol. The van der Waals surface area contributed by atoms with Crippen molar-refractivity contribution in [1.29, 1.82) is 0 Å². The van der Waals surface area contributed by atoms with Crippen LogP contribution in [0.1, 0.15) is 13.8 Å². The summed E-state index contributed by atoms with van der Waals surface area (Å²) in [6.45, 7) is 4.54. The Morgan fingerprint density at radius 2 is 2.00 bits per heavy atom. The number of pyridine rings is 1. The van der Waals surface area contributed by atoms with Crippen molar-refractivity contribution in [3.63, 3.8) is 0 Å². The predicted molar refractivity (Wildman–Crippen MR) is 63.9 cm³/mol. The lowest BCUT2D eigenvalue weighted by Gasteiger charge is -2.19. The molecule has 0 aliphatic heterocycles. The van der Waals surface area contributed by atoms with Gasteiger partial charge in [-0.3, -0.25) is 0 Å². The van der Waals surface area contributed by atoms with Gasteiger partial charge < -0.3 is 5.32 Å². The third-order valence-corrected chi connectivity index (χ3v) is 4.41. The Balaban J connectivity index is 3.26. The lowest BCUT2D eigenvalue weighted by Crippen LogP contribution is -2.31. The van der Waals surface area contributed by atoms with Gasteiger partial charge in [-0.15, -0.1) is 0 Å². The van der Waals surface area contributed by atoms with Crippen molar-refractivity contribution in [3.8, 4) is 0 Å². The molecule has 0 bridgehead atoms. The Morgan fingerprint density at radius 1 is 1.38 bits per heavy atom. The van der Waals surface area contributed by atoms with Gasteiger partial charge in [0.25, 0.3) is 0 Å². The fraction of sp³-hybridized carbons (Fsp3) is 0.500. The van der Waals surface area contributed by atoms with Crippen LogP contribution in [0.4, 0.5) is 5.82 Å². The maximum Gasteiger partial charge on any atom is 0.246 e. The predicted octanol–water partition coefficient (Wildman–Crippen LogP) is 1.15. The molecule has 0 unspecified atom stereocenters. The number of anilines is 1. The molecule has 6 heteroatoms. The minimum atomic E-state index is -3.44. The summed E-state index contributed by atoms with van der Waals surface area (Å²) in [6, 6.07) is 3.18. The van der Waals surface area contributed by atoms with Gasteiger partial charge in [0.15, 0.2) is 0 Å². The first kappa shape index (κ1) is 12.9. The molecule has 0 amide bonds. The summed E-state index contributed by atoms with van der Waals surface area (Å²) < 4.78 is 25.8. The highest BCUT2D eigenvalue weighted by atomic mass is 32.2. The fourth-order valence-electron chi connectivity index (χ4n) is 1.49. The molecule has 0 saturated heterocycles. The topological polar surface area (TPSA) is 62.3 Å². The summed E-state index contributed by atoms with van der Waals surface area (Å²) in [7, 11) is -1.78. The Hall–Kier alpha value is -1.14. The largest absolute Gasteiger partial charge is 0.372 e. The SMILES string of the molecule is CCN(CC)S(=O)(=O)c1cccnc1NC. The Labute approximate surface area is 96.5 Å². The molecule has 0 saturated carbocycles. The van der Waals surface area contributed by atoms with Gasteiger partial charge in [-0.1, -0.05) is 13.8 Å². The highest BCUT2D eigenvalue weighted by molar-refractivity contribution is 7.89. The standard InChI is InChI=1S/C10H17N3O2S/c1-4-13(5-2)16(14,15)9-7-6-8-12-10(9)11-3/h6-8H,4-5H2,1-3H3,(H,11,12). The monoisotopic (exact) mass is 243 g/mol. The van der Waals surface area contributed by atoms with Gasteiger partial charge in [-0.2, -0.15) is 4.31 Å². The molecule has 0 spiro atoms. The van der Waals surface area contributed by atoms with Crippen LogP contribution in [-0.2, 0) is 10.0 Å². The summed E-state index contributed by atoms with van der Waals surface area (Å²) >= 11 is 0. The third kappa shape index (κ3) is 2.33. The zero-order valence-corrected chi connectivity index (χ0v) is 10.6. The van der Waals surface area contributed by atoms with Gasteiger partial charge in [0.05, 0.1) is 0 Å². The molecule has 0 aliphatic carbocycles. The van der Waals surface area contributed by atoms with Crippen LogP contribution in [0.2, 0.25) is 0 Å². The van der Waals surface area contributed by atoms with E-state index >= 15 is 0 Å². The lowest BCUT2D eigenvalue weighted by molar-refractivity contribution is 0.445. The van der Waals surface area contributed by atoms with Crippen LogP contribution in [0.15, 0.2) is 23.2 Å². The minimum Gasteiger partial charge on any atom is -0.372 e. The van der Waals surface area contributed by atoms with E-state index in [0.717, 1.165) is 0 Å². The molecule has 0 fully saturated rings. The number of nitrogens with zero attached hydrogens (tertiary/aromatic N) is 2. The summed E-state index contributed by atoms with van der Waals surface area (Å²) in [5.74, 6) is 0.384. The second-order valence-electron chi connectivity index (χ2n) is 3.19. The molecular formula is C10H17N3O2S. The van der Waals surface area contributed by atoms with Crippen LogP contribution >= 0.6 is 0 Å². The van der Waals surface area contributed by atoms with Crippen molar-refractivity contribution in [1.82, 2.24) is 9.29 Å². The molecule has 16 heavy (non-hydrogen) atoms. The number of sulfonamides is 1. The van der Waals surface area contributed by atoms with E-state index in [9.17, 15) is 8.42 Å². The summed E-state index contributed by atoms with van der Waals surface area (Å²) in [4.78, 5) is 4.22. The second kappa shape index (κ2) is 5.27. The van der Waals surface area contributed by atoms with Crippen molar-refractivity contribution >= 4 is 15.8 Å². The normalized spacial score (nSPS) is 11.8. The van der Waals surface area contributed by atoms with E-state index in [-0.39, 0.29) is 4.90 Å². The Bertz CT molecular complexity index is 441. The first-order chi connectivity index (χ1) is 7.57. The summed E-state index contributed by atoms with van der Waals surface area (Å²) in [5, 5.41) is 2.79. The van der Waals surface area contributed by atoms with Crippen LogP contribution < -0.4 is 5.32 Å². The molecule has 1 aromatic rings. The smallest absolute Gasteiger partial charge is 0.246 e. The van der Waals surface area contributed by atoms with Crippen molar-refractivity contribution in [2.24, 2.45) is 0 Å². The first-order valence-corrected chi connectivity index (χ1v) is 6.64. The molecule has 0 atom stereocenters. The molecule has 90 valence electrons. The lowest BCUT2D eigenvalue weighted by atomic mass is 10.5. The molecule has 0 aliphatic rings. The summed E-state index contributed by atoms with van der Waals surface area (Å²) in [5.41, 5.74) is 0. The average molecular weight is 243 g/mol. The van der Waals surface area contributed by atoms with Crippen LogP contribution in [0, 0.1) is 0 Å². The van der Waals surface area contributed by atoms with E-state index in [2.05, 4.69) is 10.3 Å². The van der Waals surface area contributed by atoms with E-state index in [1.54, 1.807) is 25.4 Å². The van der Waals surface area contributed by atoms with E-state index in [0.29, 0.717) is 18.9 Å². The number of hydrogen-bond acceptors (Lipinski definition) is 4. The van der Waals surface area contributed by atoms with Crippen LogP contribution in [-0.4, -0.2) is 37.8 Å². The molecule has 1 rings (SSSR count). The van der Waals surface area contributed by atoms with Crippen molar-refractivity contribution < 1.29 is 8.42 Å². The van der Waals surface area contributed by atoms with Gasteiger partial charge in [-0.25, -0.2) is 13.4 Å². The Kier molecular flexibility index (Phi) is 4.26. The van der Waals surface area contributed by atoms with Crippen LogP contribution in [0.5, 0.6) is 0 Å². The average Bonchev–Trinajstić information content (AvgIpc) is 2.30. The molecule has 5 nitrogen and oxygen atoms in total. The highest BCUT2D eigenvalue weighted by Crippen LogP contribution is 2.21. The van der Waals surface area contributed by atoms with Crippen molar-refractivity contribution in [3.05, 3.63) is 18.3 Å². The zero-order valence-electron chi connectivity index (χ0n) is 9.77. The Morgan fingerprint density at radius 3 is 2.50 bits per heavy atom. The number of hydrogen-bond donors (Lipinski definition) is 1. The number of nitrogens with one attached hydrogen (secondary N) is 1. The number of aromatic nitrogens is 1. The maximum atomic E-state index is 12.2. The second-order valence-corrected chi connectivity index (χ2v) is 5.10. The number of rotatable bonds is 5. The molecule has 0 radical (unpaired) electrons. The molecule has 1 N–H and O–H groups in total. The van der Waals surface area contributed by atoms with Gasteiger partial charge >= 0.3 is 0 Å². The quantitative estimate of drug-likeness (QED) is 0.842. The van der Waals surface area contributed by atoms with Crippen molar-refractivity contribution in [2.75, 3.05) is 25.5 Å². The van der Waals surface area contributed by atoms with E-state index in [1.807, 2.05) is 13.8 Å². The van der Waals surface area contributed by atoms with E-state index in [4.69, 9.17) is 0 Å². The fourth-order valence-corrected chi connectivity index (χ4v) is 3.10. The highest BCUT2D eigenvalue weighted by Gasteiger charge is 2.24. The van der Waals surface area contributed by atoms with Crippen molar-refractivity contribution in [2.45, 2.75) is 18.7 Å². The van der Waals surface area contributed by atoms with Crippen LogP contribution in [0.3, 0.4) is 0 Å². The maximum absolute atomic E-state index is 12.2. The third-order valence-electron chi connectivity index (χ3n) is 2.33. The van der Waals surface area contributed by atoms with Gasteiger partial charge in [0.2, 0.25) is 10.0 Å². The minimum absolute atomic E-state index is 0.223. The molecule has 1 aromatic heterocycles. The molecule has 1 heterocycles. The first-order valence-electron chi connectivity index (χ1n) is 5.20. The van der Waals surface area contributed by atoms with Gasteiger partial charge in [-0.05, 0) is 12.1 Å². The van der Waals surface area contributed by atoms with E-state index < -0.39 is 10.0 Å². The van der Waals surface area contributed by atoms with E-state index in [1.165, 1.54) is 4.31 Å².